The van der Waals surface area contributed by atoms with Crippen molar-refractivity contribution in [3.8, 4) is 0 Å². The summed E-state index contributed by atoms with van der Waals surface area (Å²) in [5.74, 6) is 0.450. The fourth-order valence-corrected chi connectivity index (χ4v) is 5.28. The molecule has 3 fully saturated rings. The summed E-state index contributed by atoms with van der Waals surface area (Å²) in [6, 6.07) is 10.4. The number of hydrogen-bond acceptors (Lipinski definition) is 5. The third kappa shape index (κ3) is 4.47. The molecule has 1 aromatic carbocycles. The molecule has 164 valence electrons. The van der Waals surface area contributed by atoms with Crippen LogP contribution in [0.4, 0.5) is 4.79 Å². The van der Waals surface area contributed by atoms with E-state index < -0.39 is 5.54 Å². The summed E-state index contributed by atoms with van der Waals surface area (Å²) in [4.78, 5) is 26.2. The summed E-state index contributed by atoms with van der Waals surface area (Å²) >= 11 is 0. The first-order valence-electron chi connectivity index (χ1n) is 11.0. The van der Waals surface area contributed by atoms with Gasteiger partial charge < -0.3 is 24.4 Å². The van der Waals surface area contributed by atoms with Crippen molar-refractivity contribution in [2.24, 2.45) is 0 Å². The van der Waals surface area contributed by atoms with Gasteiger partial charge in [-0.25, -0.2) is 4.79 Å². The van der Waals surface area contributed by atoms with Gasteiger partial charge in [0.25, 0.3) is 0 Å². The number of piperidine rings is 1. The third-order valence-corrected chi connectivity index (χ3v) is 6.86. The Labute approximate surface area is 178 Å². The number of rotatable bonds is 4. The molecule has 2 unspecified atom stereocenters. The highest BCUT2D eigenvalue weighted by Crippen LogP contribution is 2.35. The quantitative estimate of drug-likeness (QED) is 0.817. The average Bonchev–Trinajstić information content (AvgIpc) is 2.78. The summed E-state index contributed by atoms with van der Waals surface area (Å²) < 4.78 is 16.9. The Hall–Kier alpha value is -2.12. The molecule has 30 heavy (non-hydrogen) atoms. The average molecular weight is 417 g/mol. The Morgan fingerprint density at radius 1 is 1.23 bits per heavy atom. The largest absolute Gasteiger partial charge is 0.453 e. The molecule has 0 radical (unpaired) electrons. The molecule has 3 aliphatic rings. The lowest BCUT2D eigenvalue weighted by atomic mass is 9.80. The molecule has 4 rings (SSSR count). The second-order valence-corrected chi connectivity index (χ2v) is 8.70. The molecule has 7 nitrogen and oxygen atoms in total. The molecular formula is C23H32N2O5. The SMILES string of the molecule is COC(=O)N1CCCC2(COCC(=O)N2)C1COC1CCC(c2ccccc2)CC1. The number of hydrogen-bond donors (Lipinski definition) is 1. The summed E-state index contributed by atoms with van der Waals surface area (Å²) in [7, 11) is 1.39. The number of nitrogens with zero attached hydrogens (tertiary/aromatic N) is 1. The minimum Gasteiger partial charge on any atom is -0.453 e. The zero-order chi connectivity index (χ0) is 21.0. The Balaban J connectivity index is 1.40. The molecule has 2 atom stereocenters. The van der Waals surface area contributed by atoms with E-state index in [2.05, 4.69) is 35.6 Å². The van der Waals surface area contributed by atoms with Crippen molar-refractivity contribution >= 4 is 12.0 Å². The van der Waals surface area contributed by atoms with Crippen LogP contribution in [0.2, 0.25) is 0 Å². The highest BCUT2D eigenvalue weighted by Gasteiger charge is 2.50. The van der Waals surface area contributed by atoms with E-state index in [1.54, 1.807) is 4.90 Å². The molecule has 0 aromatic heterocycles. The summed E-state index contributed by atoms with van der Waals surface area (Å²) in [5.41, 5.74) is 0.796. The first-order valence-corrected chi connectivity index (χ1v) is 11.0. The van der Waals surface area contributed by atoms with Crippen LogP contribution >= 0.6 is 0 Å². The van der Waals surface area contributed by atoms with Crippen molar-refractivity contribution < 1.29 is 23.8 Å². The molecule has 2 heterocycles. The predicted octanol–water partition coefficient (Wildman–Crippen LogP) is 2.85. The van der Waals surface area contributed by atoms with Gasteiger partial charge in [0.2, 0.25) is 5.91 Å². The molecule has 0 bridgehead atoms. The minimum atomic E-state index is -0.608. The lowest BCUT2D eigenvalue weighted by Crippen LogP contribution is -2.71. The minimum absolute atomic E-state index is 0.0665. The monoisotopic (exact) mass is 416 g/mol. The molecule has 2 amide bonds. The molecule has 1 aromatic rings. The third-order valence-electron chi connectivity index (χ3n) is 6.86. The van der Waals surface area contributed by atoms with E-state index in [0.29, 0.717) is 25.7 Å². The van der Waals surface area contributed by atoms with Crippen molar-refractivity contribution in [3.63, 3.8) is 0 Å². The van der Waals surface area contributed by atoms with E-state index in [0.717, 1.165) is 38.5 Å². The van der Waals surface area contributed by atoms with Crippen molar-refractivity contribution in [2.45, 2.75) is 62.1 Å². The summed E-state index contributed by atoms with van der Waals surface area (Å²) in [6.07, 6.45) is 5.55. The Morgan fingerprint density at radius 2 is 2.00 bits per heavy atom. The molecular weight excluding hydrogens is 384 g/mol. The van der Waals surface area contributed by atoms with Crippen LogP contribution in [-0.2, 0) is 19.0 Å². The van der Waals surface area contributed by atoms with Gasteiger partial charge in [0.15, 0.2) is 0 Å². The lowest BCUT2D eigenvalue weighted by Gasteiger charge is -2.51. The van der Waals surface area contributed by atoms with Crippen molar-refractivity contribution in [2.75, 3.05) is 33.5 Å². The number of ether oxygens (including phenoxy) is 3. The first kappa shape index (κ1) is 21.1. The Morgan fingerprint density at radius 3 is 2.70 bits per heavy atom. The summed E-state index contributed by atoms with van der Waals surface area (Å²) in [6.45, 7) is 1.43. The molecule has 7 heteroatoms. The molecule has 1 spiro atoms. The van der Waals surface area contributed by atoms with Crippen molar-refractivity contribution in [3.05, 3.63) is 35.9 Å². The van der Waals surface area contributed by atoms with E-state index in [1.807, 2.05) is 0 Å². The normalized spacial score (nSPS) is 32.0. The number of amides is 2. The van der Waals surface area contributed by atoms with Gasteiger partial charge in [-0.15, -0.1) is 0 Å². The second kappa shape index (κ2) is 9.35. The number of benzene rings is 1. The van der Waals surface area contributed by atoms with Crippen molar-refractivity contribution in [1.29, 1.82) is 0 Å². The lowest BCUT2D eigenvalue weighted by molar-refractivity contribution is -0.143. The highest BCUT2D eigenvalue weighted by atomic mass is 16.5. The molecule has 1 aliphatic carbocycles. The smallest absolute Gasteiger partial charge is 0.409 e. The fourth-order valence-electron chi connectivity index (χ4n) is 5.28. The van der Waals surface area contributed by atoms with E-state index in [1.165, 1.54) is 12.7 Å². The van der Waals surface area contributed by atoms with Gasteiger partial charge in [-0.05, 0) is 50.0 Å². The number of likely N-dealkylation sites (tertiary alicyclic amines) is 1. The zero-order valence-corrected chi connectivity index (χ0v) is 17.7. The number of nitrogens with one attached hydrogen (secondary N) is 1. The van der Waals surface area contributed by atoms with Crippen LogP contribution in [0.25, 0.3) is 0 Å². The van der Waals surface area contributed by atoms with Gasteiger partial charge in [-0.2, -0.15) is 0 Å². The molecule has 2 saturated heterocycles. The molecule has 1 saturated carbocycles. The van der Waals surface area contributed by atoms with Gasteiger partial charge in [-0.1, -0.05) is 30.3 Å². The van der Waals surface area contributed by atoms with E-state index in [4.69, 9.17) is 14.2 Å². The van der Waals surface area contributed by atoms with Crippen LogP contribution in [0.3, 0.4) is 0 Å². The van der Waals surface area contributed by atoms with Gasteiger partial charge in [0.1, 0.15) is 6.61 Å². The zero-order valence-electron chi connectivity index (χ0n) is 17.7. The van der Waals surface area contributed by atoms with Crippen LogP contribution in [-0.4, -0.2) is 68.1 Å². The molecule has 2 aliphatic heterocycles. The number of carbonyl (C=O) groups is 2. The maximum Gasteiger partial charge on any atom is 0.409 e. The van der Waals surface area contributed by atoms with Gasteiger partial charge >= 0.3 is 6.09 Å². The second-order valence-electron chi connectivity index (χ2n) is 8.70. The Bertz CT molecular complexity index is 730. The Kier molecular flexibility index (Phi) is 6.58. The highest BCUT2D eigenvalue weighted by molar-refractivity contribution is 5.79. The van der Waals surface area contributed by atoms with E-state index in [9.17, 15) is 9.59 Å². The topological polar surface area (TPSA) is 77.1 Å². The fraction of sp³-hybridized carbons (Fsp3) is 0.652. The van der Waals surface area contributed by atoms with Crippen molar-refractivity contribution in [1.82, 2.24) is 10.2 Å². The maximum absolute atomic E-state index is 12.4. The van der Waals surface area contributed by atoms with Gasteiger partial charge in [0.05, 0.1) is 38.0 Å². The molecule has 1 N–H and O–H groups in total. The van der Waals surface area contributed by atoms with Gasteiger partial charge in [-0.3, -0.25) is 4.79 Å². The predicted molar refractivity (Wildman–Crippen MR) is 111 cm³/mol. The van der Waals surface area contributed by atoms with Crippen LogP contribution in [0.1, 0.15) is 50.0 Å². The number of morpholine rings is 1. The van der Waals surface area contributed by atoms with Crippen LogP contribution < -0.4 is 5.32 Å². The van der Waals surface area contributed by atoms with E-state index >= 15 is 0 Å². The van der Waals surface area contributed by atoms with Crippen LogP contribution in [0.5, 0.6) is 0 Å². The van der Waals surface area contributed by atoms with Crippen LogP contribution in [0, 0.1) is 0 Å². The first-order chi connectivity index (χ1) is 14.6. The number of methoxy groups -OCH3 is 1. The maximum atomic E-state index is 12.4. The van der Waals surface area contributed by atoms with Gasteiger partial charge in [0, 0.05) is 6.54 Å². The van der Waals surface area contributed by atoms with Crippen LogP contribution in [0.15, 0.2) is 30.3 Å². The number of carbonyl (C=O) groups excluding carboxylic acids is 2. The van der Waals surface area contributed by atoms with E-state index in [-0.39, 0.29) is 30.8 Å². The standard InChI is InChI=1S/C23H32N2O5/c1-28-22(27)25-13-5-12-23(16-29-15-21(26)24-23)20(25)14-30-19-10-8-18(9-11-19)17-6-3-2-4-7-17/h2-4,6-7,18-20H,5,8-16H2,1H3,(H,24,26). The summed E-state index contributed by atoms with van der Waals surface area (Å²) in [5, 5.41) is 3.11.